The first-order valence-corrected chi connectivity index (χ1v) is 6.72. The van der Waals surface area contributed by atoms with E-state index in [4.69, 9.17) is 0 Å². The number of hydrogen-bond acceptors (Lipinski definition) is 1. The van der Waals surface area contributed by atoms with E-state index in [0.29, 0.717) is 0 Å². The molecule has 0 N–H and O–H groups in total. The highest BCUT2D eigenvalue weighted by molar-refractivity contribution is 7.84. The standard InChI is InChI=1S/C15H18S/c1-10(16)8-15-13-6-2-4-11(13)9-12-5-3-7-14(12)15/h9,16H,1-8H2. The fraction of sp³-hybridized carbons (Fsp3) is 0.467. The fourth-order valence-electron chi connectivity index (χ4n) is 3.35. The third-order valence-electron chi connectivity index (χ3n) is 3.98. The van der Waals surface area contributed by atoms with E-state index in [1.807, 2.05) is 0 Å². The van der Waals surface area contributed by atoms with Crippen LogP contribution in [0.3, 0.4) is 0 Å². The van der Waals surface area contributed by atoms with Gasteiger partial charge in [0.2, 0.25) is 0 Å². The lowest BCUT2D eigenvalue weighted by molar-refractivity contribution is 0.889. The van der Waals surface area contributed by atoms with Gasteiger partial charge in [-0.05, 0) is 71.2 Å². The molecule has 3 rings (SSSR count). The third-order valence-corrected chi connectivity index (χ3v) is 4.14. The predicted octanol–water partition coefficient (Wildman–Crippen LogP) is 3.65. The van der Waals surface area contributed by atoms with E-state index in [1.165, 1.54) is 38.5 Å². The Balaban J connectivity index is 2.15. The molecule has 2 aliphatic rings. The molecule has 0 amide bonds. The van der Waals surface area contributed by atoms with E-state index >= 15 is 0 Å². The van der Waals surface area contributed by atoms with Gasteiger partial charge in [-0.15, -0.1) is 12.6 Å². The molecule has 0 fully saturated rings. The molecule has 0 radical (unpaired) electrons. The van der Waals surface area contributed by atoms with Crippen LogP contribution in [0, 0.1) is 0 Å². The zero-order valence-corrected chi connectivity index (χ0v) is 10.6. The Bertz CT molecular complexity index is 425. The van der Waals surface area contributed by atoms with E-state index in [2.05, 4.69) is 25.3 Å². The molecule has 16 heavy (non-hydrogen) atoms. The SMILES string of the molecule is C=C(S)Cc1c2c(cc3c1CCC3)CCC2. The van der Waals surface area contributed by atoms with E-state index in [0.717, 1.165) is 11.3 Å². The van der Waals surface area contributed by atoms with Crippen molar-refractivity contribution in [3.63, 3.8) is 0 Å². The molecule has 0 heterocycles. The van der Waals surface area contributed by atoms with Gasteiger partial charge in [-0.1, -0.05) is 12.6 Å². The zero-order chi connectivity index (χ0) is 11.1. The molecule has 1 aromatic carbocycles. The molecule has 0 aromatic heterocycles. The molecule has 2 aliphatic carbocycles. The minimum Gasteiger partial charge on any atom is -0.148 e. The molecule has 0 unspecified atom stereocenters. The quantitative estimate of drug-likeness (QED) is 0.737. The van der Waals surface area contributed by atoms with Crippen molar-refractivity contribution >= 4 is 12.6 Å². The number of fused-ring (bicyclic) bond motifs is 2. The first-order chi connectivity index (χ1) is 7.75. The number of thiol groups is 1. The highest BCUT2D eigenvalue weighted by Crippen LogP contribution is 2.36. The maximum Gasteiger partial charge on any atom is 0.00315 e. The van der Waals surface area contributed by atoms with Crippen molar-refractivity contribution in [1.29, 1.82) is 0 Å². The minimum atomic E-state index is 0.981. The summed E-state index contributed by atoms with van der Waals surface area (Å²) in [5, 5.41) is 0. The van der Waals surface area contributed by atoms with Crippen molar-refractivity contribution in [2.24, 2.45) is 0 Å². The number of allylic oxidation sites excluding steroid dienone is 1. The zero-order valence-electron chi connectivity index (χ0n) is 9.68. The highest BCUT2D eigenvalue weighted by atomic mass is 32.1. The number of aryl methyl sites for hydroxylation is 2. The van der Waals surface area contributed by atoms with Crippen molar-refractivity contribution in [3.05, 3.63) is 45.4 Å². The van der Waals surface area contributed by atoms with Gasteiger partial charge in [-0.3, -0.25) is 0 Å². The van der Waals surface area contributed by atoms with E-state index in [-0.39, 0.29) is 0 Å². The summed E-state index contributed by atoms with van der Waals surface area (Å²) in [6.45, 7) is 3.97. The van der Waals surface area contributed by atoms with E-state index in [1.54, 1.807) is 27.8 Å². The minimum absolute atomic E-state index is 0.981. The largest absolute Gasteiger partial charge is 0.148 e. The Morgan fingerprint density at radius 1 is 1.06 bits per heavy atom. The summed E-state index contributed by atoms with van der Waals surface area (Å²) < 4.78 is 0. The molecule has 0 nitrogen and oxygen atoms in total. The van der Waals surface area contributed by atoms with Crippen LogP contribution in [0.25, 0.3) is 0 Å². The lowest BCUT2D eigenvalue weighted by Gasteiger charge is -2.14. The van der Waals surface area contributed by atoms with Crippen molar-refractivity contribution in [2.45, 2.75) is 44.9 Å². The van der Waals surface area contributed by atoms with Crippen LogP contribution < -0.4 is 0 Å². The molecular weight excluding hydrogens is 212 g/mol. The summed E-state index contributed by atoms with van der Waals surface area (Å²) in [4.78, 5) is 1.01. The second-order valence-electron chi connectivity index (χ2n) is 5.08. The Morgan fingerprint density at radius 2 is 1.62 bits per heavy atom. The maximum absolute atomic E-state index is 4.40. The van der Waals surface area contributed by atoms with Gasteiger partial charge >= 0.3 is 0 Å². The summed E-state index contributed by atoms with van der Waals surface area (Å²) in [7, 11) is 0. The van der Waals surface area contributed by atoms with Crippen LogP contribution in [0.5, 0.6) is 0 Å². The summed E-state index contributed by atoms with van der Waals surface area (Å²) in [5.41, 5.74) is 8.09. The Morgan fingerprint density at radius 3 is 2.12 bits per heavy atom. The smallest absolute Gasteiger partial charge is 0.00315 e. The Kier molecular flexibility index (Phi) is 2.59. The molecule has 0 saturated carbocycles. The fourth-order valence-corrected chi connectivity index (χ4v) is 3.51. The van der Waals surface area contributed by atoms with Gasteiger partial charge in [-0.2, -0.15) is 0 Å². The normalized spacial score (nSPS) is 17.3. The molecular formula is C15H18S. The van der Waals surface area contributed by atoms with E-state index < -0.39 is 0 Å². The summed E-state index contributed by atoms with van der Waals surface area (Å²) in [5.74, 6) is 0. The lowest BCUT2D eigenvalue weighted by Crippen LogP contribution is -2.01. The van der Waals surface area contributed by atoms with Crippen molar-refractivity contribution < 1.29 is 0 Å². The Hall–Kier alpha value is -0.690. The monoisotopic (exact) mass is 230 g/mol. The average molecular weight is 230 g/mol. The predicted molar refractivity (Wildman–Crippen MR) is 72.3 cm³/mol. The summed E-state index contributed by atoms with van der Waals surface area (Å²) >= 11 is 4.40. The van der Waals surface area contributed by atoms with Crippen molar-refractivity contribution in [3.8, 4) is 0 Å². The summed E-state index contributed by atoms with van der Waals surface area (Å²) in [6.07, 6.45) is 8.78. The van der Waals surface area contributed by atoms with Gasteiger partial charge in [-0.25, -0.2) is 0 Å². The van der Waals surface area contributed by atoms with Gasteiger partial charge < -0.3 is 0 Å². The van der Waals surface area contributed by atoms with Crippen LogP contribution in [0.4, 0.5) is 0 Å². The second kappa shape index (κ2) is 3.96. The molecule has 1 aromatic rings. The molecule has 1 heteroatoms. The van der Waals surface area contributed by atoms with Crippen LogP contribution in [0.1, 0.15) is 40.7 Å². The number of rotatable bonds is 2. The van der Waals surface area contributed by atoms with Crippen molar-refractivity contribution in [1.82, 2.24) is 0 Å². The molecule has 0 saturated heterocycles. The maximum atomic E-state index is 4.40. The van der Waals surface area contributed by atoms with Gasteiger partial charge in [0.05, 0.1) is 0 Å². The van der Waals surface area contributed by atoms with Crippen LogP contribution in [0.15, 0.2) is 17.6 Å². The highest BCUT2D eigenvalue weighted by Gasteiger charge is 2.23. The molecule has 0 bridgehead atoms. The van der Waals surface area contributed by atoms with Crippen LogP contribution in [-0.2, 0) is 32.1 Å². The topological polar surface area (TPSA) is 0 Å². The second-order valence-corrected chi connectivity index (χ2v) is 5.71. The van der Waals surface area contributed by atoms with Crippen LogP contribution >= 0.6 is 12.6 Å². The Labute approximate surface area is 103 Å². The number of hydrogen-bond donors (Lipinski definition) is 1. The molecule has 0 spiro atoms. The lowest BCUT2D eigenvalue weighted by atomic mass is 9.92. The van der Waals surface area contributed by atoms with Gasteiger partial charge in [0, 0.05) is 6.42 Å². The number of benzene rings is 1. The first-order valence-electron chi connectivity index (χ1n) is 6.28. The molecule has 0 atom stereocenters. The van der Waals surface area contributed by atoms with E-state index in [9.17, 15) is 0 Å². The van der Waals surface area contributed by atoms with Gasteiger partial charge in [0.1, 0.15) is 0 Å². The first kappa shape index (κ1) is 10.5. The van der Waals surface area contributed by atoms with Crippen LogP contribution in [0.2, 0.25) is 0 Å². The molecule has 0 aliphatic heterocycles. The van der Waals surface area contributed by atoms with Crippen molar-refractivity contribution in [2.75, 3.05) is 0 Å². The third kappa shape index (κ3) is 1.62. The van der Waals surface area contributed by atoms with Gasteiger partial charge in [0.15, 0.2) is 0 Å². The molecule has 84 valence electrons. The van der Waals surface area contributed by atoms with Crippen LogP contribution in [-0.4, -0.2) is 0 Å². The van der Waals surface area contributed by atoms with Gasteiger partial charge in [0.25, 0.3) is 0 Å². The summed E-state index contributed by atoms with van der Waals surface area (Å²) in [6, 6.07) is 2.48. The average Bonchev–Trinajstić information content (AvgIpc) is 2.83.